The predicted octanol–water partition coefficient (Wildman–Crippen LogP) is 5.33. The molecule has 3 rings (SSSR count). The molecule has 1 amide bonds. The second-order valence-electron chi connectivity index (χ2n) is 6.58. The minimum Gasteiger partial charge on any atom is -0.486 e. The van der Waals surface area contributed by atoms with E-state index in [2.05, 4.69) is 5.32 Å². The fourth-order valence-electron chi connectivity index (χ4n) is 2.60. The lowest BCUT2D eigenvalue weighted by Gasteiger charge is -2.18. The average Bonchev–Trinajstić information content (AvgIpc) is 3.16. The Bertz CT molecular complexity index is 1030. The van der Waals surface area contributed by atoms with Gasteiger partial charge < -0.3 is 19.4 Å². The number of carbonyl (C=O) groups is 1. The van der Waals surface area contributed by atoms with E-state index >= 15 is 0 Å². The van der Waals surface area contributed by atoms with E-state index in [4.69, 9.17) is 9.15 Å². The molecule has 0 aliphatic carbocycles. The quantitative estimate of drug-likeness (QED) is 0.546. The number of benzene rings is 2. The van der Waals surface area contributed by atoms with Gasteiger partial charge in [-0.2, -0.15) is 13.2 Å². The Labute approximate surface area is 169 Å². The molecule has 0 aliphatic heterocycles. The zero-order valence-corrected chi connectivity index (χ0v) is 16.1. The number of nitrogens with zero attached hydrogens (tertiary/aromatic N) is 1. The Morgan fingerprint density at radius 3 is 2.40 bits per heavy atom. The van der Waals surface area contributed by atoms with Crippen LogP contribution in [0.5, 0.6) is 5.75 Å². The minimum atomic E-state index is -4.65. The monoisotopic (exact) mass is 422 g/mol. The lowest BCUT2D eigenvalue weighted by Crippen LogP contribution is -2.17. The molecular weight excluding hydrogens is 404 g/mol. The van der Waals surface area contributed by atoms with Gasteiger partial charge in [-0.15, -0.1) is 0 Å². The van der Waals surface area contributed by atoms with Crippen LogP contribution in [0.15, 0.2) is 59.0 Å². The Balaban J connectivity index is 1.71. The Kier molecular flexibility index (Phi) is 6.00. The first-order valence-electron chi connectivity index (χ1n) is 8.80. The van der Waals surface area contributed by atoms with Crippen molar-refractivity contribution in [2.45, 2.75) is 12.8 Å². The van der Waals surface area contributed by atoms with Crippen LogP contribution < -0.4 is 15.0 Å². The normalized spacial score (nSPS) is 11.3. The molecule has 0 radical (unpaired) electrons. The van der Waals surface area contributed by atoms with Gasteiger partial charge in [-0.25, -0.2) is 4.39 Å². The summed E-state index contributed by atoms with van der Waals surface area (Å²) in [7, 11) is 3.23. The predicted molar refractivity (Wildman–Crippen MR) is 103 cm³/mol. The maximum atomic E-state index is 13.4. The van der Waals surface area contributed by atoms with E-state index < -0.39 is 23.5 Å². The van der Waals surface area contributed by atoms with Crippen LogP contribution in [0.2, 0.25) is 0 Å². The van der Waals surface area contributed by atoms with Gasteiger partial charge in [0.05, 0.1) is 11.3 Å². The van der Waals surface area contributed by atoms with Crippen molar-refractivity contribution in [1.82, 2.24) is 0 Å². The maximum absolute atomic E-state index is 13.4. The standard InChI is InChI=1S/C21H18F4N2O3/c1-27(2)14-5-9-18(17(11-14)21(23,24)25)26-20(28)19-10-8-16(30-19)12-29-15-6-3-13(22)4-7-15/h3-11H,12H2,1-2H3,(H,26,28). The van der Waals surface area contributed by atoms with Crippen LogP contribution in [0, 0.1) is 5.82 Å². The Morgan fingerprint density at radius 2 is 1.77 bits per heavy atom. The van der Waals surface area contributed by atoms with Gasteiger partial charge >= 0.3 is 6.18 Å². The molecule has 0 fully saturated rings. The summed E-state index contributed by atoms with van der Waals surface area (Å²) in [5.74, 6) is -0.724. The Morgan fingerprint density at radius 1 is 1.07 bits per heavy atom. The number of alkyl halides is 3. The van der Waals surface area contributed by atoms with Gasteiger partial charge in [0.2, 0.25) is 0 Å². The number of furan rings is 1. The summed E-state index contributed by atoms with van der Waals surface area (Å²) in [6.45, 7) is -0.0375. The summed E-state index contributed by atoms with van der Waals surface area (Å²) < 4.78 is 63.9. The number of halogens is 4. The molecule has 1 heterocycles. The largest absolute Gasteiger partial charge is 0.486 e. The first-order valence-corrected chi connectivity index (χ1v) is 8.80. The van der Waals surface area contributed by atoms with Gasteiger partial charge in [-0.3, -0.25) is 4.79 Å². The second kappa shape index (κ2) is 8.48. The van der Waals surface area contributed by atoms with E-state index in [0.29, 0.717) is 11.4 Å². The van der Waals surface area contributed by atoms with Crippen molar-refractivity contribution in [3.63, 3.8) is 0 Å². The van der Waals surface area contributed by atoms with Gasteiger partial charge in [0, 0.05) is 19.8 Å². The minimum absolute atomic E-state index is 0.0375. The van der Waals surface area contributed by atoms with Crippen molar-refractivity contribution in [2.75, 3.05) is 24.3 Å². The van der Waals surface area contributed by atoms with Crippen molar-refractivity contribution in [2.24, 2.45) is 0 Å². The van der Waals surface area contributed by atoms with Gasteiger partial charge in [-0.1, -0.05) is 0 Å². The lowest BCUT2D eigenvalue weighted by molar-refractivity contribution is -0.136. The Hall–Kier alpha value is -3.49. The van der Waals surface area contributed by atoms with E-state index in [1.165, 1.54) is 53.4 Å². The molecule has 30 heavy (non-hydrogen) atoms. The number of nitrogens with one attached hydrogen (secondary N) is 1. The van der Waals surface area contributed by atoms with Crippen molar-refractivity contribution in [3.8, 4) is 5.75 Å². The van der Waals surface area contributed by atoms with Crippen LogP contribution in [0.4, 0.5) is 28.9 Å². The summed E-state index contributed by atoms with van der Waals surface area (Å²) in [6.07, 6.45) is -4.65. The number of hydrogen-bond donors (Lipinski definition) is 1. The van der Waals surface area contributed by atoms with Crippen molar-refractivity contribution >= 4 is 17.3 Å². The lowest BCUT2D eigenvalue weighted by atomic mass is 10.1. The summed E-state index contributed by atoms with van der Waals surface area (Å²) >= 11 is 0. The zero-order chi connectivity index (χ0) is 21.9. The van der Waals surface area contributed by atoms with Crippen LogP contribution in [-0.2, 0) is 12.8 Å². The SMILES string of the molecule is CN(C)c1ccc(NC(=O)c2ccc(COc3ccc(F)cc3)o2)c(C(F)(F)F)c1. The third kappa shape index (κ3) is 5.11. The highest BCUT2D eigenvalue weighted by Crippen LogP contribution is 2.37. The van der Waals surface area contributed by atoms with Gasteiger partial charge in [0.15, 0.2) is 5.76 Å². The third-order valence-corrected chi connectivity index (χ3v) is 4.15. The molecule has 1 N–H and O–H groups in total. The summed E-state index contributed by atoms with van der Waals surface area (Å²) in [5.41, 5.74) is -0.995. The highest BCUT2D eigenvalue weighted by atomic mass is 19.4. The molecule has 5 nitrogen and oxygen atoms in total. The number of rotatable bonds is 6. The van der Waals surface area contributed by atoms with Crippen LogP contribution >= 0.6 is 0 Å². The molecule has 0 saturated heterocycles. The molecule has 9 heteroatoms. The molecule has 0 bridgehead atoms. The highest BCUT2D eigenvalue weighted by molar-refractivity contribution is 6.02. The van der Waals surface area contributed by atoms with E-state index in [1.807, 2.05) is 0 Å². The van der Waals surface area contributed by atoms with Crippen LogP contribution in [0.25, 0.3) is 0 Å². The molecule has 0 unspecified atom stereocenters. The first-order chi connectivity index (χ1) is 14.1. The number of anilines is 2. The van der Waals surface area contributed by atoms with Crippen LogP contribution in [0.3, 0.4) is 0 Å². The van der Waals surface area contributed by atoms with E-state index in [-0.39, 0.29) is 23.8 Å². The van der Waals surface area contributed by atoms with Crippen LogP contribution in [0.1, 0.15) is 21.9 Å². The van der Waals surface area contributed by atoms with E-state index in [0.717, 1.165) is 6.07 Å². The molecule has 3 aromatic rings. The molecule has 0 spiro atoms. The topological polar surface area (TPSA) is 54.7 Å². The first kappa shape index (κ1) is 21.2. The fourth-order valence-corrected chi connectivity index (χ4v) is 2.60. The number of ether oxygens (including phenoxy) is 1. The number of hydrogen-bond acceptors (Lipinski definition) is 4. The summed E-state index contributed by atoms with van der Waals surface area (Å²) in [4.78, 5) is 13.9. The van der Waals surface area contributed by atoms with Crippen molar-refractivity contribution in [1.29, 1.82) is 0 Å². The highest BCUT2D eigenvalue weighted by Gasteiger charge is 2.34. The van der Waals surface area contributed by atoms with Gasteiger partial charge in [0.25, 0.3) is 5.91 Å². The van der Waals surface area contributed by atoms with Gasteiger partial charge in [0.1, 0.15) is 23.9 Å². The maximum Gasteiger partial charge on any atom is 0.418 e. The summed E-state index contributed by atoms with van der Waals surface area (Å²) in [6, 6.07) is 11.8. The number of amides is 1. The third-order valence-electron chi connectivity index (χ3n) is 4.15. The molecule has 0 aliphatic rings. The molecule has 158 valence electrons. The molecular formula is C21H18F4N2O3. The molecule has 1 aromatic heterocycles. The zero-order valence-electron chi connectivity index (χ0n) is 16.1. The molecule has 2 aromatic carbocycles. The average molecular weight is 422 g/mol. The van der Waals surface area contributed by atoms with E-state index in [1.54, 1.807) is 14.1 Å². The summed E-state index contributed by atoms with van der Waals surface area (Å²) in [5, 5.41) is 2.24. The molecule has 0 saturated carbocycles. The van der Waals surface area contributed by atoms with Gasteiger partial charge in [-0.05, 0) is 54.6 Å². The number of carbonyl (C=O) groups excluding carboxylic acids is 1. The second-order valence-corrected chi connectivity index (χ2v) is 6.58. The van der Waals surface area contributed by atoms with Crippen LogP contribution in [-0.4, -0.2) is 20.0 Å². The molecule has 0 atom stereocenters. The smallest absolute Gasteiger partial charge is 0.418 e. The van der Waals surface area contributed by atoms with Crippen molar-refractivity contribution in [3.05, 3.63) is 77.5 Å². The van der Waals surface area contributed by atoms with E-state index in [9.17, 15) is 22.4 Å². The van der Waals surface area contributed by atoms with Crippen molar-refractivity contribution < 1.29 is 31.5 Å². The fraction of sp³-hybridized carbons (Fsp3) is 0.190.